The first-order valence-electron chi connectivity index (χ1n) is 6.87. The fraction of sp³-hybridized carbons (Fsp3) is 0.294. The van der Waals surface area contributed by atoms with E-state index in [1.165, 1.54) is 24.8 Å². The average molecular weight is 253 g/mol. The van der Waals surface area contributed by atoms with Gasteiger partial charge in [-0.15, -0.1) is 0 Å². The van der Waals surface area contributed by atoms with Crippen molar-refractivity contribution in [1.82, 2.24) is 0 Å². The lowest BCUT2D eigenvalue weighted by molar-refractivity contribution is 0.220. The third kappa shape index (κ3) is 2.49. The predicted octanol–water partition coefficient (Wildman–Crippen LogP) is 3.62. The molecule has 3 rings (SSSR count). The second-order valence-electron chi connectivity index (χ2n) is 5.36. The van der Waals surface area contributed by atoms with Gasteiger partial charge >= 0.3 is 0 Å². The fourth-order valence-electron chi connectivity index (χ4n) is 2.56. The van der Waals surface area contributed by atoms with Crippen molar-refractivity contribution in [3.63, 3.8) is 0 Å². The van der Waals surface area contributed by atoms with E-state index in [1.807, 2.05) is 36.4 Å². The van der Waals surface area contributed by atoms with Gasteiger partial charge in [0.1, 0.15) is 6.10 Å². The highest BCUT2D eigenvalue weighted by atomic mass is 16.3. The van der Waals surface area contributed by atoms with Crippen LogP contribution in [0.1, 0.15) is 48.0 Å². The molecule has 3 N–H and O–H groups in total. The third-order valence-corrected chi connectivity index (χ3v) is 4.08. The van der Waals surface area contributed by atoms with Gasteiger partial charge in [-0.1, -0.05) is 42.8 Å². The Morgan fingerprint density at radius 2 is 1.42 bits per heavy atom. The Bertz CT molecular complexity index is 540. The van der Waals surface area contributed by atoms with Crippen LogP contribution < -0.4 is 5.73 Å². The standard InChI is InChI=1S/C17H19NO/c18-16-10-8-15(9-11-16)17(19)14-6-4-13(5-7-14)12-2-1-3-12/h4-12,17,19H,1-3,18H2. The summed E-state index contributed by atoms with van der Waals surface area (Å²) in [6.07, 6.45) is 3.39. The van der Waals surface area contributed by atoms with Crippen LogP contribution >= 0.6 is 0 Å². The lowest BCUT2D eigenvalue weighted by Crippen LogP contribution is -2.09. The number of aliphatic hydroxyl groups is 1. The lowest BCUT2D eigenvalue weighted by Gasteiger charge is -2.26. The van der Waals surface area contributed by atoms with Crippen molar-refractivity contribution in [2.45, 2.75) is 31.3 Å². The highest BCUT2D eigenvalue weighted by Crippen LogP contribution is 2.36. The third-order valence-electron chi connectivity index (χ3n) is 4.08. The first kappa shape index (κ1) is 12.2. The molecule has 1 saturated carbocycles. The molecule has 0 heterocycles. The highest BCUT2D eigenvalue weighted by molar-refractivity contribution is 5.42. The highest BCUT2D eigenvalue weighted by Gasteiger charge is 2.19. The molecule has 19 heavy (non-hydrogen) atoms. The molecular formula is C17H19NO. The van der Waals surface area contributed by atoms with Crippen LogP contribution in [0.3, 0.4) is 0 Å². The average Bonchev–Trinajstić information content (AvgIpc) is 2.38. The molecule has 2 heteroatoms. The fourth-order valence-corrected chi connectivity index (χ4v) is 2.56. The Hall–Kier alpha value is -1.80. The quantitative estimate of drug-likeness (QED) is 0.821. The minimum Gasteiger partial charge on any atom is -0.399 e. The lowest BCUT2D eigenvalue weighted by atomic mass is 9.80. The normalized spacial score (nSPS) is 16.9. The molecule has 1 aliphatic carbocycles. The van der Waals surface area contributed by atoms with Crippen LogP contribution in [-0.4, -0.2) is 5.11 Å². The topological polar surface area (TPSA) is 46.2 Å². The summed E-state index contributed by atoms with van der Waals surface area (Å²) in [6, 6.07) is 15.8. The van der Waals surface area contributed by atoms with Crippen LogP contribution in [0.15, 0.2) is 48.5 Å². The van der Waals surface area contributed by atoms with Gasteiger partial charge in [-0.05, 0) is 47.6 Å². The number of hydrogen-bond donors (Lipinski definition) is 2. The molecule has 0 spiro atoms. The van der Waals surface area contributed by atoms with Gasteiger partial charge in [-0.2, -0.15) is 0 Å². The van der Waals surface area contributed by atoms with Crippen molar-refractivity contribution in [2.24, 2.45) is 0 Å². The summed E-state index contributed by atoms with van der Waals surface area (Å²) in [5.74, 6) is 0.739. The smallest absolute Gasteiger partial charge is 0.104 e. The summed E-state index contributed by atoms with van der Waals surface area (Å²) in [5, 5.41) is 10.3. The molecule has 0 saturated heterocycles. The zero-order valence-corrected chi connectivity index (χ0v) is 10.9. The van der Waals surface area contributed by atoms with Crippen LogP contribution in [0.2, 0.25) is 0 Å². The molecule has 0 bridgehead atoms. The summed E-state index contributed by atoms with van der Waals surface area (Å²) in [7, 11) is 0. The van der Waals surface area contributed by atoms with Gasteiger partial charge in [0.15, 0.2) is 0 Å². The number of rotatable bonds is 3. The molecule has 0 amide bonds. The maximum atomic E-state index is 10.3. The zero-order chi connectivity index (χ0) is 13.2. The Morgan fingerprint density at radius 1 is 0.895 bits per heavy atom. The van der Waals surface area contributed by atoms with E-state index in [4.69, 9.17) is 5.73 Å². The van der Waals surface area contributed by atoms with Gasteiger partial charge in [0.25, 0.3) is 0 Å². The largest absolute Gasteiger partial charge is 0.399 e. The monoisotopic (exact) mass is 253 g/mol. The van der Waals surface area contributed by atoms with Gasteiger partial charge in [0.2, 0.25) is 0 Å². The number of nitrogens with two attached hydrogens (primary N) is 1. The molecule has 98 valence electrons. The summed E-state index contributed by atoms with van der Waals surface area (Å²) in [4.78, 5) is 0. The second kappa shape index (κ2) is 5.06. The summed E-state index contributed by atoms with van der Waals surface area (Å²) >= 11 is 0. The van der Waals surface area contributed by atoms with Crippen molar-refractivity contribution < 1.29 is 5.11 Å². The van der Waals surface area contributed by atoms with Crippen LogP contribution in [0.4, 0.5) is 5.69 Å². The minimum atomic E-state index is -0.573. The number of benzene rings is 2. The van der Waals surface area contributed by atoms with E-state index in [9.17, 15) is 5.11 Å². The van der Waals surface area contributed by atoms with Gasteiger partial charge < -0.3 is 10.8 Å². The molecular weight excluding hydrogens is 234 g/mol. The predicted molar refractivity (Wildman–Crippen MR) is 78.0 cm³/mol. The summed E-state index contributed by atoms with van der Waals surface area (Å²) < 4.78 is 0. The number of nitrogen functional groups attached to an aromatic ring is 1. The van der Waals surface area contributed by atoms with Crippen molar-refractivity contribution in [2.75, 3.05) is 5.73 Å². The molecule has 2 aromatic carbocycles. The summed E-state index contributed by atoms with van der Waals surface area (Å²) in [6.45, 7) is 0. The van der Waals surface area contributed by atoms with Crippen molar-refractivity contribution in [1.29, 1.82) is 0 Å². The van der Waals surface area contributed by atoms with E-state index in [0.717, 1.165) is 22.7 Å². The first-order chi connectivity index (χ1) is 9.24. The molecule has 0 aromatic heterocycles. The van der Waals surface area contributed by atoms with Crippen molar-refractivity contribution in [3.8, 4) is 0 Å². The maximum Gasteiger partial charge on any atom is 0.104 e. The van der Waals surface area contributed by atoms with Gasteiger partial charge in [-0.3, -0.25) is 0 Å². The number of hydrogen-bond acceptors (Lipinski definition) is 2. The van der Waals surface area contributed by atoms with Crippen molar-refractivity contribution >= 4 is 5.69 Å². The minimum absolute atomic E-state index is 0.573. The van der Waals surface area contributed by atoms with Crippen LogP contribution in [0.5, 0.6) is 0 Å². The van der Waals surface area contributed by atoms with E-state index >= 15 is 0 Å². The maximum absolute atomic E-state index is 10.3. The van der Waals surface area contributed by atoms with E-state index in [1.54, 1.807) is 0 Å². The van der Waals surface area contributed by atoms with E-state index in [2.05, 4.69) is 12.1 Å². The van der Waals surface area contributed by atoms with Crippen LogP contribution in [0.25, 0.3) is 0 Å². The zero-order valence-electron chi connectivity index (χ0n) is 10.9. The molecule has 2 nitrogen and oxygen atoms in total. The first-order valence-corrected chi connectivity index (χ1v) is 6.87. The number of aliphatic hydroxyl groups excluding tert-OH is 1. The molecule has 0 aliphatic heterocycles. The molecule has 1 atom stereocenters. The summed E-state index contributed by atoms with van der Waals surface area (Å²) in [5.41, 5.74) is 9.60. The van der Waals surface area contributed by atoms with E-state index in [0.29, 0.717) is 0 Å². The van der Waals surface area contributed by atoms with Crippen molar-refractivity contribution in [3.05, 3.63) is 65.2 Å². The molecule has 1 aliphatic rings. The molecule has 2 aromatic rings. The van der Waals surface area contributed by atoms with Gasteiger partial charge in [-0.25, -0.2) is 0 Å². The molecule has 1 fully saturated rings. The number of anilines is 1. The van der Waals surface area contributed by atoms with E-state index in [-0.39, 0.29) is 0 Å². The van der Waals surface area contributed by atoms with Crippen LogP contribution in [0, 0.1) is 0 Å². The Morgan fingerprint density at radius 3 is 1.89 bits per heavy atom. The van der Waals surface area contributed by atoms with Gasteiger partial charge in [0, 0.05) is 5.69 Å². The molecule has 1 unspecified atom stereocenters. The Kier molecular flexibility index (Phi) is 3.26. The van der Waals surface area contributed by atoms with E-state index < -0.39 is 6.10 Å². The van der Waals surface area contributed by atoms with Gasteiger partial charge in [0.05, 0.1) is 0 Å². The SMILES string of the molecule is Nc1ccc(C(O)c2ccc(C3CCC3)cc2)cc1. The second-order valence-corrected chi connectivity index (χ2v) is 5.36. The molecule has 0 radical (unpaired) electrons. The van der Waals surface area contributed by atoms with Crippen LogP contribution in [-0.2, 0) is 0 Å². The Balaban J connectivity index is 1.79. The Labute approximate surface area is 113 Å².